The third-order valence-corrected chi connectivity index (χ3v) is 3.32. The number of carbonyl (C=O) groups excluding carboxylic acids is 1. The topological polar surface area (TPSA) is 71.8 Å². The molecule has 0 bridgehead atoms. The number of rotatable bonds is 2. The zero-order chi connectivity index (χ0) is 14.0. The molecule has 1 aliphatic rings. The molecule has 0 radical (unpaired) electrons. The van der Waals surface area contributed by atoms with E-state index in [4.69, 9.17) is 9.84 Å². The molecule has 0 aliphatic carbocycles. The summed E-state index contributed by atoms with van der Waals surface area (Å²) in [6.45, 7) is 2.49. The van der Waals surface area contributed by atoms with E-state index in [1.807, 2.05) is 6.92 Å². The number of aryl methyl sites for hydroxylation is 1. The van der Waals surface area contributed by atoms with Gasteiger partial charge in [0.2, 0.25) is 0 Å². The van der Waals surface area contributed by atoms with Gasteiger partial charge in [-0.1, -0.05) is 0 Å². The Kier molecular flexibility index (Phi) is 4.01. The summed E-state index contributed by atoms with van der Waals surface area (Å²) in [4.78, 5) is 25.6. The van der Waals surface area contributed by atoms with E-state index in [9.17, 15) is 9.59 Å². The van der Waals surface area contributed by atoms with Gasteiger partial charge in [-0.05, 0) is 13.0 Å². The first kappa shape index (κ1) is 13.8. The van der Waals surface area contributed by atoms with Crippen molar-refractivity contribution in [1.29, 1.82) is 0 Å². The van der Waals surface area contributed by atoms with E-state index >= 15 is 0 Å². The lowest BCUT2D eigenvalue weighted by atomic mass is 10.1. The summed E-state index contributed by atoms with van der Waals surface area (Å²) in [6, 6.07) is 2.89. The minimum atomic E-state index is -0.355. The number of ether oxygens (including phenoxy) is 1. The van der Waals surface area contributed by atoms with Crippen LogP contribution in [0.2, 0.25) is 0 Å². The highest BCUT2D eigenvalue weighted by molar-refractivity contribution is 5.94. The Balaban J connectivity index is 2.21. The molecular formula is C13H18N2O4. The molecule has 1 fully saturated rings. The van der Waals surface area contributed by atoms with Gasteiger partial charge in [-0.25, -0.2) is 0 Å². The average Bonchev–Trinajstić information content (AvgIpc) is 2.41. The van der Waals surface area contributed by atoms with Crippen LogP contribution >= 0.6 is 0 Å². The molecule has 1 aromatic rings. The summed E-state index contributed by atoms with van der Waals surface area (Å²) in [5.41, 5.74) is 0.152. The molecule has 2 unspecified atom stereocenters. The molecule has 104 valence electrons. The number of aliphatic hydroxyl groups excluding tert-OH is 1. The van der Waals surface area contributed by atoms with Crippen molar-refractivity contribution in [2.24, 2.45) is 7.05 Å². The lowest BCUT2D eigenvalue weighted by Gasteiger charge is -2.37. The van der Waals surface area contributed by atoms with Crippen LogP contribution in [0.15, 0.2) is 23.1 Å². The first-order chi connectivity index (χ1) is 9.02. The molecule has 1 saturated heterocycles. The number of aliphatic hydroxyl groups is 1. The third-order valence-electron chi connectivity index (χ3n) is 3.32. The smallest absolute Gasteiger partial charge is 0.254 e. The van der Waals surface area contributed by atoms with Gasteiger partial charge in [-0.3, -0.25) is 9.59 Å². The second-order valence-corrected chi connectivity index (χ2v) is 4.81. The Hall–Kier alpha value is -1.66. The first-order valence-electron chi connectivity index (χ1n) is 6.23. The maximum atomic E-state index is 12.4. The second kappa shape index (κ2) is 5.54. The van der Waals surface area contributed by atoms with E-state index < -0.39 is 0 Å². The lowest BCUT2D eigenvalue weighted by molar-refractivity contribution is -0.0667. The normalized spacial score (nSPS) is 23.4. The molecule has 19 heavy (non-hydrogen) atoms. The molecule has 1 amide bonds. The predicted octanol–water partition coefficient (Wildman–Crippen LogP) is -0.393. The van der Waals surface area contributed by atoms with E-state index in [0.717, 1.165) is 0 Å². The summed E-state index contributed by atoms with van der Waals surface area (Å²) in [6.07, 6.45) is 1.22. The van der Waals surface area contributed by atoms with Crippen molar-refractivity contribution < 1.29 is 14.6 Å². The van der Waals surface area contributed by atoms with Crippen LogP contribution in [0, 0.1) is 0 Å². The van der Waals surface area contributed by atoms with E-state index in [0.29, 0.717) is 18.7 Å². The zero-order valence-electron chi connectivity index (χ0n) is 11.1. The largest absolute Gasteiger partial charge is 0.394 e. The SMILES string of the molecule is CC1COC(CO)CN1C(=O)c1ccn(C)c(=O)c1. The molecule has 1 N–H and O–H groups in total. The number of nitrogens with zero attached hydrogens (tertiary/aromatic N) is 2. The number of pyridine rings is 1. The molecule has 6 nitrogen and oxygen atoms in total. The van der Waals surface area contributed by atoms with Gasteiger partial charge in [0.1, 0.15) is 0 Å². The van der Waals surface area contributed by atoms with Gasteiger partial charge < -0.3 is 19.3 Å². The second-order valence-electron chi connectivity index (χ2n) is 4.81. The summed E-state index contributed by atoms with van der Waals surface area (Å²) in [5, 5.41) is 9.11. The Bertz CT molecular complexity index is 526. The van der Waals surface area contributed by atoms with Crippen molar-refractivity contribution in [2.75, 3.05) is 19.8 Å². The van der Waals surface area contributed by atoms with Crippen molar-refractivity contribution in [1.82, 2.24) is 9.47 Å². The zero-order valence-corrected chi connectivity index (χ0v) is 11.1. The monoisotopic (exact) mass is 266 g/mol. The van der Waals surface area contributed by atoms with Gasteiger partial charge >= 0.3 is 0 Å². The third kappa shape index (κ3) is 2.85. The number of morpholine rings is 1. The fourth-order valence-electron chi connectivity index (χ4n) is 2.06. The van der Waals surface area contributed by atoms with Crippen LogP contribution < -0.4 is 5.56 Å². The molecule has 0 spiro atoms. The summed E-state index contributed by atoms with van der Waals surface area (Å²) in [5.74, 6) is -0.202. The Labute approximate surface area is 111 Å². The Morgan fingerprint density at radius 1 is 1.58 bits per heavy atom. The van der Waals surface area contributed by atoms with Crippen LogP contribution in [0.5, 0.6) is 0 Å². The quantitative estimate of drug-likeness (QED) is 0.791. The van der Waals surface area contributed by atoms with Gasteiger partial charge in [0.05, 0.1) is 25.4 Å². The van der Waals surface area contributed by atoms with Crippen LogP contribution in [0.1, 0.15) is 17.3 Å². The van der Waals surface area contributed by atoms with Crippen LogP contribution in [0.3, 0.4) is 0 Å². The van der Waals surface area contributed by atoms with Gasteiger partial charge in [0, 0.05) is 31.4 Å². The Morgan fingerprint density at radius 2 is 2.32 bits per heavy atom. The molecule has 0 saturated carbocycles. The number of amides is 1. The van der Waals surface area contributed by atoms with Gasteiger partial charge in [0.25, 0.3) is 11.5 Å². The first-order valence-corrected chi connectivity index (χ1v) is 6.23. The van der Waals surface area contributed by atoms with E-state index in [1.54, 1.807) is 24.2 Å². The van der Waals surface area contributed by atoms with Crippen molar-refractivity contribution in [3.63, 3.8) is 0 Å². The maximum absolute atomic E-state index is 12.4. The van der Waals surface area contributed by atoms with Crippen LogP contribution in [-0.2, 0) is 11.8 Å². The minimum Gasteiger partial charge on any atom is -0.394 e. The summed E-state index contributed by atoms with van der Waals surface area (Å²) < 4.78 is 6.80. The molecule has 6 heteroatoms. The number of carbonyl (C=O) groups is 1. The van der Waals surface area contributed by atoms with Gasteiger partial charge in [-0.15, -0.1) is 0 Å². The highest BCUT2D eigenvalue weighted by atomic mass is 16.5. The van der Waals surface area contributed by atoms with Crippen molar-refractivity contribution in [3.05, 3.63) is 34.2 Å². The molecule has 2 rings (SSSR count). The molecule has 1 aromatic heterocycles. The standard InChI is InChI=1S/C13H18N2O4/c1-9-8-19-11(7-16)6-15(9)13(18)10-3-4-14(2)12(17)5-10/h3-5,9,11,16H,6-8H2,1-2H3. The molecule has 1 aliphatic heterocycles. The number of aromatic nitrogens is 1. The van der Waals surface area contributed by atoms with Gasteiger partial charge in [-0.2, -0.15) is 0 Å². The van der Waals surface area contributed by atoms with Crippen LogP contribution in [0.25, 0.3) is 0 Å². The van der Waals surface area contributed by atoms with Crippen molar-refractivity contribution in [3.8, 4) is 0 Å². The fraction of sp³-hybridized carbons (Fsp3) is 0.538. The average molecular weight is 266 g/mol. The minimum absolute atomic E-state index is 0.0700. The van der Waals surface area contributed by atoms with Crippen molar-refractivity contribution in [2.45, 2.75) is 19.1 Å². The van der Waals surface area contributed by atoms with Crippen molar-refractivity contribution >= 4 is 5.91 Å². The summed E-state index contributed by atoms with van der Waals surface area (Å²) >= 11 is 0. The van der Waals surface area contributed by atoms with Crippen LogP contribution in [0.4, 0.5) is 0 Å². The summed E-state index contributed by atoms with van der Waals surface area (Å²) in [7, 11) is 1.63. The fourth-order valence-corrected chi connectivity index (χ4v) is 2.06. The highest BCUT2D eigenvalue weighted by Gasteiger charge is 2.30. The van der Waals surface area contributed by atoms with E-state index in [2.05, 4.69) is 0 Å². The lowest BCUT2D eigenvalue weighted by Crippen LogP contribution is -2.52. The number of hydrogen-bond donors (Lipinski definition) is 1. The van der Waals surface area contributed by atoms with Crippen LogP contribution in [-0.4, -0.2) is 52.4 Å². The van der Waals surface area contributed by atoms with Gasteiger partial charge in [0.15, 0.2) is 0 Å². The predicted molar refractivity (Wildman–Crippen MR) is 69.0 cm³/mol. The molecule has 0 aromatic carbocycles. The number of hydrogen-bond acceptors (Lipinski definition) is 4. The molecule has 2 atom stereocenters. The molecule has 2 heterocycles. The van der Waals surface area contributed by atoms with E-state index in [-0.39, 0.29) is 30.2 Å². The van der Waals surface area contributed by atoms with E-state index in [1.165, 1.54) is 10.6 Å². The Morgan fingerprint density at radius 3 is 2.95 bits per heavy atom. The maximum Gasteiger partial charge on any atom is 0.254 e. The highest BCUT2D eigenvalue weighted by Crippen LogP contribution is 2.14. The molecular weight excluding hydrogens is 248 g/mol.